The van der Waals surface area contributed by atoms with E-state index in [0.29, 0.717) is 30.8 Å². The molecule has 0 radical (unpaired) electrons. The van der Waals surface area contributed by atoms with Crippen molar-refractivity contribution in [2.24, 2.45) is 0 Å². The standard InChI is InChI=1S/C20H25F3N6O3/c1-11(8-20(21,22)23)26-19(31)32-15-4-3-13(5-15)16-7-17(29-28-16)27-18(30)6-14-10-24-12(2)9-25-14/h7,9-11,13,15H,3-6,8H2,1-2H3,(H,26,31)(H2,27,28,29,30)/t11?,13-,15+/m0/s1. The van der Waals surface area contributed by atoms with Crippen molar-refractivity contribution in [1.82, 2.24) is 25.5 Å². The molecular formula is C20H25F3N6O3. The van der Waals surface area contributed by atoms with Gasteiger partial charge < -0.3 is 15.4 Å². The first kappa shape index (κ1) is 23.5. The van der Waals surface area contributed by atoms with Gasteiger partial charge >= 0.3 is 12.3 Å². The average molecular weight is 454 g/mol. The summed E-state index contributed by atoms with van der Waals surface area (Å²) in [4.78, 5) is 32.3. The van der Waals surface area contributed by atoms with Crippen LogP contribution in [0.5, 0.6) is 0 Å². The van der Waals surface area contributed by atoms with E-state index in [2.05, 4.69) is 30.8 Å². The van der Waals surface area contributed by atoms with Crippen LogP contribution in [0.15, 0.2) is 18.5 Å². The molecule has 0 saturated heterocycles. The number of H-pyrrole nitrogens is 1. The number of carbonyl (C=O) groups excluding carboxylic acids is 2. The van der Waals surface area contributed by atoms with Crippen LogP contribution in [0.1, 0.15) is 55.6 Å². The molecule has 2 aromatic heterocycles. The summed E-state index contributed by atoms with van der Waals surface area (Å²) in [5, 5.41) is 11.9. The number of hydrogen-bond acceptors (Lipinski definition) is 6. The number of halogens is 3. The molecule has 2 heterocycles. The lowest BCUT2D eigenvalue weighted by Gasteiger charge is -2.18. The van der Waals surface area contributed by atoms with Crippen molar-refractivity contribution in [2.75, 3.05) is 5.32 Å². The largest absolute Gasteiger partial charge is 0.446 e. The minimum atomic E-state index is -4.35. The first-order valence-electron chi connectivity index (χ1n) is 10.2. The fraction of sp³-hybridized carbons (Fsp3) is 0.550. The number of aryl methyl sites for hydroxylation is 1. The second kappa shape index (κ2) is 9.96. The van der Waals surface area contributed by atoms with Crippen molar-refractivity contribution in [2.45, 2.75) is 70.2 Å². The van der Waals surface area contributed by atoms with Crippen molar-refractivity contribution in [3.63, 3.8) is 0 Å². The fourth-order valence-electron chi connectivity index (χ4n) is 3.59. The number of carbonyl (C=O) groups is 2. The van der Waals surface area contributed by atoms with E-state index in [1.165, 1.54) is 6.92 Å². The maximum absolute atomic E-state index is 12.4. The van der Waals surface area contributed by atoms with Crippen LogP contribution in [0.2, 0.25) is 0 Å². The van der Waals surface area contributed by atoms with E-state index in [4.69, 9.17) is 4.74 Å². The van der Waals surface area contributed by atoms with Gasteiger partial charge in [0.05, 0.1) is 24.2 Å². The lowest BCUT2D eigenvalue weighted by Crippen LogP contribution is -2.37. The molecule has 1 unspecified atom stereocenters. The van der Waals surface area contributed by atoms with E-state index >= 15 is 0 Å². The van der Waals surface area contributed by atoms with Crippen molar-refractivity contribution >= 4 is 17.8 Å². The number of aromatic amines is 1. The van der Waals surface area contributed by atoms with Gasteiger partial charge in [-0.1, -0.05) is 0 Å². The summed E-state index contributed by atoms with van der Waals surface area (Å²) in [5.74, 6) is 0.119. The van der Waals surface area contributed by atoms with Gasteiger partial charge in [0.1, 0.15) is 6.10 Å². The van der Waals surface area contributed by atoms with Gasteiger partial charge in [-0.3, -0.25) is 19.9 Å². The molecule has 12 heteroatoms. The van der Waals surface area contributed by atoms with Crippen molar-refractivity contribution in [3.05, 3.63) is 35.5 Å². The van der Waals surface area contributed by atoms with Gasteiger partial charge in [0, 0.05) is 36.1 Å². The Morgan fingerprint density at radius 2 is 2.06 bits per heavy atom. The first-order valence-corrected chi connectivity index (χ1v) is 10.2. The molecular weight excluding hydrogens is 429 g/mol. The Morgan fingerprint density at radius 3 is 2.75 bits per heavy atom. The SMILES string of the molecule is Cc1cnc(CC(=O)Nc2cc([C@H]3CC[C@@H](OC(=O)NC(C)CC(F)(F)F)C3)[nH]n2)cn1. The summed E-state index contributed by atoms with van der Waals surface area (Å²) < 4.78 is 42.4. The summed E-state index contributed by atoms with van der Waals surface area (Å²) >= 11 is 0. The molecule has 2 amide bonds. The molecule has 1 saturated carbocycles. The Kier molecular flexibility index (Phi) is 7.31. The number of ether oxygens (including phenoxy) is 1. The summed E-state index contributed by atoms with van der Waals surface area (Å²) in [6.07, 6.45) is -1.73. The summed E-state index contributed by atoms with van der Waals surface area (Å²) in [7, 11) is 0. The molecule has 1 aliphatic rings. The van der Waals surface area contributed by atoms with Crippen LogP contribution < -0.4 is 10.6 Å². The monoisotopic (exact) mass is 454 g/mol. The minimum absolute atomic E-state index is 0.0292. The Hall–Kier alpha value is -3.18. The number of hydrogen-bond donors (Lipinski definition) is 3. The number of alkyl carbamates (subject to hydrolysis) is 1. The molecule has 0 aromatic carbocycles. The maximum Gasteiger partial charge on any atom is 0.407 e. The number of rotatable bonds is 7. The van der Waals surface area contributed by atoms with Crippen molar-refractivity contribution in [1.29, 1.82) is 0 Å². The normalized spacial score (nSPS) is 19.4. The van der Waals surface area contributed by atoms with Crippen LogP contribution in [0.25, 0.3) is 0 Å². The van der Waals surface area contributed by atoms with Gasteiger partial charge in [-0.2, -0.15) is 18.3 Å². The van der Waals surface area contributed by atoms with Gasteiger partial charge in [-0.25, -0.2) is 4.79 Å². The molecule has 3 N–H and O–H groups in total. The van der Waals surface area contributed by atoms with Gasteiger partial charge in [-0.15, -0.1) is 0 Å². The molecule has 3 atom stereocenters. The highest BCUT2D eigenvalue weighted by Gasteiger charge is 2.33. The van der Waals surface area contributed by atoms with Crippen LogP contribution in [0.3, 0.4) is 0 Å². The molecule has 0 spiro atoms. The highest BCUT2D eigenvalue weighted by Crippen LogP contribution is 2.36. The fourth-order valence-corrected chi connectivity index (χ4v) is 3.59. The summed E-state index contributed by atoms with van der Waals surface area (Å²) in [6.45, 7) is 3.08. The predicted molar refractivity (Wildman–Crippen MR) is 108 cm³/mol. The highest BCUT2D eigenvalue weighted by atomic mass is 19.4. The van der Waals surface area contributed by atoms with E-state index in [-0.39, 0.29) is 18.2 Å². The molecule has 174 valence electrons. The third kappa shape index (κ3) is 7.20. The second-order valence-electron chi connectivity index (χ2n) is 7.98. The van der Waals surface area contributed by atoms with Crippen LogP contribution in [-0.4, -0.2) is 50.5 Å². The second-order valence-corrected chi connectivity index (χ2v) is 7.98. The number of alkyl halides is 3. The van der Waals surface area contributed by atoms with Crippen LogP contribution in [0, 0.1) is 6.92 Å². The Bertz CT molecular complexity index is 931. The first-order chi connectivity index (χ1) is 15.1. The third-order valence-corrected chi connectivity index (χ3v) is 5.04. The number of anilines is 1. The van der Waals surface area contributed by atoms with E-state index < -0.39 is 30.8 Å². The smallest absolute Gasteiger partial charge is 0.407 e. The van der Waals surface area contributed by atoms with Crippen molar-refractivity contribution < 1.29 is 27.5 Å². The van der Waals surface area contributed by atoms with Crippen LogP contribution in [-0.2, 0) is 16.0 Å². The Morgan fingerprint density at radius 1 is 1.28 bits per heavy atom. The van der Waals surface area contributed by atoms with E-state index in [1.807, 2.05) is 6.92 Å². The summed E-state index contributed by atoms with van der Waals surface area (Å²) in [6, 6.07) is 0.654. The number of aromatic nitrogens is 4. The predicted octanol–water partition coefficient (Wildman–Crippen LogP) is 3.39. The Labute approximate surface area is 182 Å². The number of nitrogens with one attached hydrogen (secondary N) is 3. The van der Waals surface area contributed by atoms with Gasteiger partial charge in [0.2, 0.25) is 5.91 Å². The zero-order chi connectivity index (χ0) is 23.3. The lowest BCUT2D eigenvalue weighted by atomic mass is 10.0. The van der Waals surface area contributed by atoms with Gasteiger partial charge in [0.15, 0.2) is 5.82 Å². The van der Waals surface area contributed by atoms with Crippen molar-refractivity contribution in [3.8, 4) is 0 Å². The molecule has 2 aromatic rings. The highest BCUT2D eigenvalue weighted by molar-refractivity contribution is 5.91. The molecule has 32 heavy (non-hydrogen) atoms. The number of nitrogens with zero attached hydrogens (tertiary/aromatic N) is 3. The zero-order valence-corrected chi connectivity index (χ0v) is 17.7. The van der Waals surface area contributed by atoms with Crippen LogP contribution in [0.4, 0.5) is 23.8 Å². The molecule has 0 aliphatic heterocycles. The average Bonchev–Trinajstić information content (AvgIpc) is 3.31. The molecule has 0 bridgehead atoms. The summed E-state index contributed by atoms with van der Waals surface area (Å²) in [5.41, 5.74) is 2.09. The third-order valence-electron chi connectivity index (χ3n) is 5.04. The molecule has 1 fully saturated rings. The Balaban J connectivity index is 1.45. The number of amides is 2. The lowest BCUT2D eigenvalue weighted by molar-refractivity contribution is -0.138. The quantitative estimate of drug-likeness (QED) is 0.590. The zero-order valence-electron chi connectivity index (χ0n) is 17.7. The van der Waals surface area contributed by atoms with Gasteiger partial charge in [-0.05, 0) is 33.1 Å². The van der Waals surface area contributed by atoms with Gasteiger partial charge in [0.25, 0.3) is 0 Å². The van der Waals surface area contributed by atoms with E-state index in [1.54, 1.807) is 18.5 Å². The molecule has 3 rings (SSSR count). The van der Waals surface area contributed by atoms with E-state index in [0.717, 1.165) is 11.4 Å². The van der Waals surface area contributed by atoms with Crippen LogP contribution >= 0.6 is 0 Å². The maximum atomic E-state index is 12.4. The minimum Gasteiger partial charge on any atom is -0.446 e. The molecule has 1 aliphatic carbocycles. The molecule has 9 nitrogen and oxygen atoms in total. The topological polar surface area (TPSA) is 122 Å². The van der Waals surface area contributed by atoms with E-state index in [9.17, 15) is 22.8 Å².